The van der Waals surface area contributed by atoms with Crippen molar-refractivity contribution < 1.29 is 9.21 Å². The van der Waals surface area contributed by atoms with Crippen molar-refractivity contribution in [3.05, 3.63) is 115 Å². The van der Waals surface area contributed by atoms with Crippen molar-refractivity contribution in [2.24, 2.45) is 0 Å². The van der Waals surface area contributed by atoms with E-state index in [1.807, 2.05) is 51.1 Å². The van der Waals surface area contributed by atoms with E-state index in [9.17, 15) is 14.4 Å². The Balaban J connectivity index is 1.83. The number of benzene rings is 2. The zero-order valence-corrected chi connectivity index (χ0v) is 18.7. The molecule has 1 amide bonds. The van der Waals surface area contributed by atoms with E-state index in [1.165, 1.54) is 6.26 Å². The molecule has 2 aromatic heterocycles. The summed E-state index contributed by atoms with van der Waals surface area (Å²) >= 11 is 0. The average molecular weight is 444 g/mol. The first-order chi connectivity index (χ1) is 15.8. The van der Waals surface area contributed by atoms with Crippen LogP contribution >= 0.6 is 0 Å². The predicted octanol–water partition coefficient (Wildman–Crippen LogP) is 2.89. The standard InChI is InChI=1S/C25H24N4O4/c1-16-10-11-20(13-18(16)3)29-25(32)28(15-19-8-5-4-7-17(19)2)24(31)22(27-29)23(30)26-14-21-9-6-12-33-21/h4-13H,14-15H2,1-3H3,(H,26,30). The number of rotatable bonds is 6. The number of carbonyl (C=O) groups excluding carboxylic acids is 1. The largest absolute Gasteiger partial charge is 0.467 e. The number of nitrogens with zero attached hydrogens (tertiary/aromatic N) is 3. The van der Waals surface area contributed by atoms with Gasteiger partial charge in [0.15, 0.2) is 0 Å². The molecule has 2 aromatic carbocycles. The zero-order valence-electron chi connectivity index (χ0n) is 18.7. The Morgan fingerprint density at radius 2 is 1.76 bits per heavy atom. The average Bonchev–Trinajstić information content (AvgIpc) is 3.32. The molecule has 0 saturated heterocycles. The summed E-state index contributed by atoms with van der Waals surface area (Å²) in [5.41, 5.74) is 2.49. The highest BCUT2D eigenvalue weighted by Gasteiger charge is 2.21. The van der Waals surface area contributed by atoms with Crippen LogP contribution in [0.15, 0.2) is 74.9 Å². The molecule has 2 heterocycles. The topological polar surface area (TPSA) is 99.1 Å². The van der Waals surface area contributed by atoms with Gasteiger partial charge in [0, 0.05) is 0 Å². The molecule has 0 bridgehead atoms. The van der Waals surface area contributed by atoms with E-state index in [1.54, 1.807) is 24.3 Å². The lowest BCUT2D eigenvalue weighted by Gasteiger charge is -2.14. The molecule has 1 N–H and O–H groups in total. The molecule has 0 spiro atoms. The fraction of sp³-hybridized carbons (Fsp3) is 0.200. The Hall–Kier alpha value is -4.20. The van der Waals surface area contributed by atoms with Crippen LogP contribution in [-0.4, -0.2) is 20.3 Å². The number of aryl methyl sites for hydroxylation is 3. The van der Waals surface area contributed by atoms with Gasteiger partial charge in [0.2, 0.25) is 5.69 Å². The number of carbonyl (C=O) groups is 1. The number of hydrogen-bond acceptors (Lipinski definition) is 5. The van der Waals surface area contributed by atoms with Crippen LogP contribution < -0.4 is 16.6 Å². The zero-order chi connectivity index (χ0) is 23.5. The first kappa shape index (κ1) is 22.0. The van der Waals surface area contributed by atoms with Gasteiger partial charge in [0.25, 0.3) is 11.5 Å². The lowest BCUT2D eigenvalue weighted by molar-refractivity contribution is 0.0938. The Morgan fingerprint density at radius 3 is 2.45 bits per heavy atom. The maximum absolute atomic E-state index is 13.3. The van der Waals surface area contributed by atoms with Gasteiger partial charge in [0.1, 0.15) is 5.76 Å². The number of hydrogen-bond donors (Lipinski definition) is 1. The summed E-state index contributed by atoms with van der Waals surface area (Å²) in [5, 5.41) is 6.81. The third kappa shape index (κ3) is 4.55. The molecular weight excluding hydrogens is 420 g/mol. The summed E-state index contributed by atoms with van der Waals surface area (Å²) in [4.78, 5) is 39.5. The summed E-state index contributed by atoms with van der Waals surface area (Å²) in [6, 6.07) is 16.3. The third-order valence-electron chi connectivity index (χ3n) is 5.60. The maximum atomic E-state index is 13.3. The summed E-state index contributed by atoms with van der Waals surface area (Å²) in [6.07, 6.45) is 1.49. The predicted molar refractivity (Wildman–Crippen MR) is 124 cm³/mol. The van der Waals surface area contributed by atoms with Crippen molar-refractivity contribution in [1.29, 1.82) is 0 Å². The van der Waals surface area contributed by atoms with Crippen molar-refractivity contribution in [2.75, 3.05) is 0 Å². The van der Waals surface area contributed by atoms with Gasteiger partial charge in [-0.1, -0.05) is 30.3 Å². The molecule has 0 aliphatic rings. The molecular formula is C25H24N4O4. The highest BCUT2D eigenvalue weighted by atomic mass is 16.3. The fourth-order valence-corrected chi connectivity index (χ4v) is 3.44. The van der Waals surface area contributed by atoms with Crippen LogP contribution in [0.2, 0.25) is 0 Å². The second-order valence-corrected chi connectivity index (χ2v) is 7.89. The van der Waals surface area contributed by atoms with E-state index < -0.39 is 17.2 Å². The lowest BCUT2D eigenvalue weighted by Crippen LogP contribution is -2.46. The molecule has 0 fully saturated rings. The smallest absolute Gasteiger partial charge is 0.352 e. The fourth-order valence-electron chi connectivity index (χ4n) is 3.44. The van der Waals surface area contributed by atoms with E-state index in [-0.39, 0.29) is 18.8 Å². The van der Waals surface area contributed by atoms with Crippen molar-refractivity contribution in [1.82, 2.24) is 19.7 Å². The molecule has 0 saturated carbocycles. The molecule has 4 aromatic rings. The van der Waals surface area contributed by atoms with Crippen molar-refractivity contribution in [3.8, 4) is 5.69 Å². The minimum absolute atomic E-state index is 0.0240. The summed E-state index contributed by atoms with van der Waals surface area (Å²) in [6.45, 7) is 5.90. The van der Waals surface area contributed by atoms with Crippen LogP contribution in [0.1, 0.15) is 38.5 Å². The SMILES string of the molecule is Cc1ccc(-n2nc(C(=O)NCc3ccco3)c(=O)n(Cc3ccccc3C)c2=O)cc1C. The van der Waals surface area contributed by atoms with Crippen molar-refractivity contribution >= 4 is 5.91 Å². The highest BCUT2D eigenvalue weighted by Crippen LogP contribution is 2.12. The van der Waals surface area contributed by atoms with Crippen LogP contribution in [0.25, 0.3) is 5.69 Å². The normalized spacial score (nSPS) is 10.9. The molecule has 0 unspecified atom stereocenters. The Morgan fingerprint density at radius 1 is 0.970 bits per heavy atom. The van der Waals surface area contributed by atoms with Gasteiger partial charge in [-0.2, -0.15) is 9.78 Å². The van der Waals surface area contributed by atoms with Crippen LogP contribution in [-0.2, 0) is 13.1 Å². The lowest BCUT2D eigenvalue weighted by atomic mass is 10.1. The minimum Gasteiger partial charge on any atom is -0.467 e. The van der Waals surface area contributed by atoms with E-state index >= 15 is 0 Å². The number of aromatic nitrogens is 3. The quantitative estimate of drug-likeness (QED) is 0.493. The first-order valence-electron chi connectivity index (χ1n) is 10.5. The molecule has 0 aliphatic heterocycles. The first-order valence-corrected chi connectivity index (χ1v) is 10.5. The van der Waals surface area contributed by atoms with Gasteiger partial charge >= 0.3 is 5.69 Å². The van der Waals surface area contributed by atoms with Gasteiger partial charge < -0.3 is 9.73 Å². The third-order valence-corrected chi connectivity index (χ3v) is 5.60. The minimum atomic E-state index is -0.750. The van der Waals surface area contributed by atoms with Gasteiger partial charge in [-0.3, -0.25) is 14.2 Å². The van der Waals surface area contributed by atoms with Gasteiger partial charge in [-0.05, 0) is 67.3 Å². The monoisotopic (exact) mass is 444 g/mol. The second-order valence-electron chi connectivity index (χ2n) is 7.89. The van der Waals surface area contributed by atoms with Crippen LogP contribution in [0, 0.1) is 20.8 Å². The molecule has 0 radical (unpaired) electrons. The Bertz CT molecular complexity index is 1430. The van der Waals surface area contributed by atoms with Gasteiger partial charge in [-0.25, -0.2) is 4.79 Å². The van der Waals surface area contributed by atoms with E-state index in [0.29, 0.717) is 11.4 Å². The van der Waals surface area contributed by atoms with Gasteiger partial charge in [-0.15, -0.1) is 0 Å². The Kier molecular flexibility index (Phi) is 6.08. The molecule has 0 atom stereocenters. The number of furan rings is 1. The molecule has 33 heavy (non-hydrogen) atoms. The molecule has 168 valence electrons. The highest BCUT2D eigenvalue weighted by molar-refractivity contribution is 5.91. The summed E-state index contributed by atoms with van der Waals surface area (Å²) < 4.78 is 7.38. The molecule has 0 aliphatic carbocycles. The van der Waals surface area contributed by atoms with Crippen LogP contribution in [0.5, 0.6) is 0 Å². The molecule has 4 rings (SSSR count). The molecule has 8 heteroatoms. The maximum Gasteiger partial charge on any atom is 0.352 e. The molecule has 8 nitrogen and oxygen atoms in total. The second kappa shape index (κ2) is 9.12. The van der Waals surface area contributed by atoms with E-state index in [4.69, 9.17) is 4.42 Å². The Labute approximate surface area is 190 Å². The van der Waals surface area contributed by atoms with Crippen LogP contribution in [0.3, 0.4) is 0 Å². The number of amides is 1. The van der Waals surface area contributed by atoms with Crippen LogP contribution in [0.4, 0.5) is 0 Å². The summed E-state index contributed by atoms with van der Waals surface area (Å²) in [7, 11) is 0. The summed E-state index contributed by atoms with van der Waals surface area (Å²) in [5.74, 6) is -0.154. The number of nitrogens with one attached hydrogen (secondary N) is 1. The van der Waals surface area contributed by atoms with Crippen molar-refractivity contribution in [3.63, 3.8) is 0 Å². The van der Waals surface area contributed by atoms with E-state index in [0.717, 1.165) is 31.5 Å². The van der Waals surface area contributed by atoms with Crippen molar-refractivity contribution in [2.45, 2.75) is 33.9 Å². The van der Waals surface area contributed by atoms with E-state index in [2.05, 4.69) is 10.4 Å². The van der Waals surface area contributed by atoms with Gasteiger partial charge in [0.05, 0.1) is 25.0 Å².